The number of H-pyrrole nitrogens is 1. The van der Waals surface area contributed by atoms with Gasteiger partial charge in [0.2, 0.25) is 5.88 Å². The van der Waals surface area contributed by atoms with Crippen LogP contribution in [-0.4, -0.2) is 27.4 Å². The van der Waals surface area contributed by atoms with Gasteiger partial charge in [-0.1, -0.05) is 19.1 Å². The summed E-state index contributed by atoms with van der Waals surface area (Å²) in [4.78, 5) is 23.8. The van der Waals surface area contributed by atoms with Crippen molar-refractivity contribution in [2.45, 2.75) is 13.3 Å². The Morgan fingerprint density at radius 1 is 1.15 bits per heavy atom. The van der Waals surface area contributed by atoms with E-state index >= 15 is 0 Å². The van der Waals surface area contributed by atoms with Gasteiger partial charge in [0, 0.05) is 18.3 Å². The maximum absolute atomic E-state index is 12.3. The van der Waals surface area contributed by atoms with Crippen molar-refractivity contribution >= 4 is 27.7 Å². The van der Waals surface area contributed by atoms with Crippen LogP contribution in [-0.2, 0) is 0 Å². The van der Waals surface area contributed by atoms with E-state index in [-0.39, 0.29) is 5.91 Å². The molecule has 0 spiro atoms. The monoisotopic (exact) mass is 346 g/mol. The Bertz CT molecular complexity index is 1090. The Kier molecular flexibility index (Phi) is 4.23. The zero-order valence-corrected chi connectivity index (χ0v) is 14.3. The molecule has 2 N–H and O–H groups in total. The fourth-order valence-electron chi connectivity index (χ4n) is 2.90. The summed E-state index contributed by atoms with van der Waals surface area (Å²) in [6.07, 6.45) is 4.17. The van der Waals surface area contributed by atoms with Crippen molar-refractivity contribution in [2.24, 2.45) is 0 Å². The second-order valence-corrected chi connectivity index (χ2v) is 5.97. The van der Waals surface area contributed by atoms with Gasteiger partial charge in [-0.15, -0.1) is 0 Å². The van der Waals surface area contributed by atoms with Crippen LogP contribution in [0.1, 0.15) is 23.7 Å². The van der Waals surface area contributed by atoms with Crippen molar-refractivity contribution in [3.63, 3.8) is 0 Å². The standard InChI is InChI=1S/C20H18N4O2/c1-2-9-22-19(25)16-5-3-4-13-11-14(6-7-15(13)16)26-20-17-8-10-21-18(17)23-12-24-20/h3-8,10-12H,2,9H2,1H3,(H,22,25)(H,21,23,24). The summed E-state index contributed by atoms with van der Waals surface area (Å²) in [7, 11) is 0. The molecular weight excluding hydrogens is 328 g/mol. The summed E-state index contributed by atoms with van der Waals surface area (Å²) in [5.41, 5.74) is 1.39. The smallest absolute Gasteiger partial charge is 0.251 e. The first-order chi connectivity index (χ1) is 12.8. The van der Waals surface area contributed by atoms with Gasteiger partial charge < -0.3 is 15.0 Å². The number of aromatic nitrogens is 3. The normalized spacial score (nSPS) is 11.0. The Morgan fingerprint density at radius 3 is 2.96 bits per heavy atom. The third-order valence-corrected chi connectivity index (χ3v) is 4.16. The predicted molar refractivity (Wildman–Crippen MR) is 101 cm³/mol. The zero-order chi connectivity index (χ0) is 17.9. The van der Waals surface area contributed by atoms with Crippen LogP contribution in [0, 0.1) is 0 Å². The molecule has 0 atom stereocenters. The van der Waals surface area contributed by atoms with Crippen LogP contribution in [0.25, 0.3) is 21.8 Å². The number of nitrogens with one attached hydrogen (secondary N) is 2. The van der Waals surface area contributed by atoms with Gasteiger partial charge in [0.1, 0.15) is 17.7 Å². The molecule has 0 aliphatic carbocycles. The number of carbonyl (C=O) groups excluding carboxylic acids is 1. The fraction of sp³-hybridized carbons (Fsp3) is 0.150. The van der Waals surface area contributed by atoms with Crippen LogP contribution in [0.4, 0.5) is 0 Å². The van der Waals surface area contributed by atoms with E-state index in [1.165, 1.54) is 6.33 Å². The van der Waals surface area contributed by atoms with Crippen molar-refractivity contribution in [2.75, 3.05) is 6.54 Å². The average molecular weight is 346 g/mol. The fourth-order valence-corrected chi connectivity index (χ4v) is 2.90. The Morgan fingerprint density at radius 2 is 2.08 bits per heavy atom. The molecule has 26 heavy (non-hydrogen) atoms. The van der Waals surface area contributed by atoms with E-state index in [1.54, 1.807) is 6.20 Å². The van der Waals surface area contributed by atoms with Gasteiger partial charge in [-0.25, -0.2) is 9.97 Å². The van der Waals surface area contributed by atoms with Crippen LogP contribution in [0.3, 0.4) is 0 Å². The maximum Gasteiger partial charge on any atom is 0.251 e. The molecule has 0 saturated heterocycles. The Labute approximate surface area is 150 Å². The lowest BCUT2D eigenvalue weighted by Crippen LogP contribution is -2.24. The summed E-state index contributed by atoms with van der Waals surface area (Å²) >= 11 is 0. The van der Waals surface area contributed by atoms with Crippen LogP contribution >= 0.6 is 0 Å². The van der Waals surface area contributed by atoms with Crippen molar-refractivity contribution in [1.82, 2.24) is 20.3 Å². The van der Waals surface area contributed by atoms with Gasteiger partial charge in [-0.3, -0.25) is 4.79 Å². The molecule has 0 aliphatic heterocycles. The summed E-state index contributed by atoms with van der Waals surface area (Å²) < 4.78 is 5.95. The molecule has 1 amide bonds. The van der Waals surface area contributed by atoms with Crippen LogP contribution in [0.15, 0.2) is 55.0 Å². The molecular formula is C20H18N4O2. The number of aromatic amines is 1. The van der Waals surface area contributed by atoms with Gasteiger partial charge >= 0.3 is 0 Å². The molecule has 2 aromatic heterocycles. The van der Waals surface area contributed by atoms with Crippen molar-refractivity contribution in [3.8, 4) is 11.6 Å². The first kappa shape index (κ1) is 16.1. The number of hydrogen-bond donors (Lipinski definition) is 2. The SMILES string of the molecule is CCCNC(=O)c1cccc2cc(Oc3ncnc4[nH]ccc34)ccc12. The minimum atomic E-state index is -0.0593. The summed E-state index contributed by atoms with van der Waals surface area (Å²) in [5.74, 6) is 1.09. The van der Waals surface area contributed by atoms with Gasteiger partial charge in [0.25, 0.3) is 5.91 Å². The van der Waals surface area contributed by atoms with Gasteiger partial charge in [0.05, 0.1) is 5.39 Å². The highest BCUT2D eigenvalue weighted by molar-refractivity contribution is 6.07. The van der Waals surface area contributed by atoms with Crippen molar-refractivity contribution in [3.05, 3.63) is 60.6 Å². The minimum absolute atomic E-state index is 0.0593. The summed E-state index contributed by atoms with van der Waals surface area (Å²) in [6, 6.07) is 13.2. The van der Waals surface area contributed by atoms with E-state index in [4.69, 9.17) is 4.74 Å². The highest BCUT2D eigenvalue weighted by atomic mass is 16.5. The number of nitrogens with zero attached hydrogens (tertiary/aromatic N) is 2. The van der Waals surface area contributed by atoms with E-state index in [0.29, 0.717) is 23.7 Å². The third-order valence-electron chi connectivity index (χ3n) is 4.16. The molecule has 6 heteroatoms. The largest absolute Gasteiger partial charge is 0.438 e. The molecule has 2 aromatic carbocycles. The number of benzene rings is 2. The lowest BCUT2D eigenvalue weighted by Gasteiger charge is -2.10. The minimum Gasteiger partial charge on any atom is -0.438 e. The number of amides is 1. The number of fused-ring (bicyclic) bond motifs is 2. The van der Waals surface area contributed by atoms with Crippen LogP contribution in [0.5, 0.6) is 11.6 Å². The summed E-state index contributed by atoms with van der Waals surface area (Å²) in [5, 5.41) is 5.57. The maximum atomic E-state index is 12.3. The average Bonchev–Trinajstić information content (AvgIpc) is 3.15. The third kappa shape index (κ3) is 2.97. The van der Waals surface area contributed by atoms with Crippen LogP contribution in [0.2, 0.25) is 0 Å². The first-order valence-corrected chi connectivity index (χ1v) is 8.53. The Balaban J connectivity index is 1.68. The highest BCUT2D eigenvalue weighted by Crippen LogP contribution is 2.29. The van der Waals surface area contributed by atoms with Crippen molar-refractivity contribution in [1.29, 1.82) is 0 Å². The molecule has 0 radical (unpaired) electrons. The number of hydrogen-bond acceptors (Lipinski definition) is 4. The van der Waals surface area contributed by atoms with E-state index in [9.17, 15) is 4.79 Å². The lowest BCUT2D eigenvalue weighted by molar-refractivity contribution is 0.0955. The molecule has 0 fully saturated rings. The second-order valence-electron chi connectivity index (χ2n) is 5.97. The number of ether oxygens (including phenoxy) is 1. The Hall–Kier alpha value is -3.41. The molecule has 4 aromatic rings. The number of carbonyl (C=O) groups is 1. The van der Waals surface area contributed by atoms with E-state index < -0.39 is 0 Å². The quantitative estimate of drug-likeness (QED) is 0.571. The highest BCUT2D eigenvalue weighted by Gasteiger charge is 2.11. The van der Waals surface area contributed by atoms with E-state index in [1.807, 2.05) is 49.4 Å². The predicted octanol–water partition coefficient (Wildman–Crippen LogP) is 4.04. The van der Waals surface area contributed by atoms with Crippen LogP contribution < -0.4 is 10.1 Å². The lowest BCUT2D eigenvalue weighted by atomic mass is 10.0. The van der Waals surface area contributed by atoms with Gasteiger partial charge in [-0.2, -0.15) is 0 Å². The molecule has 0 saturated carbocycles. The molecule has 2 heterocycles. The molecule has 6 nitrogen and oxygen atoms in total. The second kappa shape index (κ2) is 6.84. The van der Waals surface area contributed by atoms with Gasteiger partial charge in [0.15, 0.2) is 0 Å². The van der Waals surface area contributed by atoms with Crippen molar-refractivity contribution < 1.29 is 9.53 Å². The topological polar surface area (TPSA) is 79.9 Å². The molecule has 0 bridgehead atoms. The van der Waals surface area contributed by atoms with E-state index in [0.717, 1.165) is 28.2 Å². The molecule has 4 rings (SSSR count). The first-order valence-electron chi connectivity index (χ1n) is 8.53. The molecule has 0 unspecified atom stereocenters. The van der Waals surface area contributed by atoms with E-state index in [2.05, 4.69) is 20.3 Å². The zero-order valence-electron chi connectivity index (χ0n) is 14.3. The summed E-state index contributed by atoms with van der Waals surface area (Å²) in [6.45, 7) is 2.69. The number of rotatable bonds is 5. The molecule has 130 valence electrons. The van der Waals surface area contributed by atoms with Gasteiger partial charge in [-0.05, 0) is 47.5 Å². The molecule has 0 aliphatic rings.